The van der Waals surface area contributed by atoms with Crippen molar-refractivity contribution in [2.75, 3.05) is 0 Å². The Hall–Kier alpha value is -1.58. The van der Waals surface area contributed by atoms with Gasteiger partial charge in [-0.25, -0.2) is 0 Å². The molecule has 0 saturated heterocycles. The molecule has 0 bridgehead atoms. The second-order valence-electron chi connectivity index (χ2n) is 11.0. The zero-order valence-corrected chi connectivity index (χ0v) is 25.2. The van der Waals surface area contributed by atoms with E-state index < -0.39 is 5.97 Å². The Kier molecular flexibility index (Phi) is 28.7. The summed E-state index contributed by atoms with van der Waals surface area (Å²) in [5.74, 6) is -0.732. The molecule has 0 aromatic heterocycles. The van der Waals surface area contributed by atoms with Crippen LogP contribution in [-0.4, -0.2) is 23.1 Å². The highest BCUT2D eigenvalue weighted by molar-refractivity contribution is 5.69. The van der Waals surface area contributed by atoms with Crippen molar-refractivity contribution < 1.29 is 19.4 Å². The Labute approximate surface area is 236 Å². The fourth-order valence-electron chi connectivity index (χ4n) is 4.75. The number of esters is 1. The van der Waals surface area contributed by atoms with Crippen LogP contribution in [0, 0.1) is 0 Å². The molecule has 222 valence electrons. The number of carbonyl (C=O) groups excluding carboxylic acids is 1. The lowest BCUT2D eigenvalue weighted by molar-refractivity contribution is -0.150. The molecule has 0 heterocycles. The van der Waals surface area contributed by atoms with Gasteiger partial charge in [-0.1, -0.05) is 122 Å². The molecule has 0 radical (unpaired) electrons. The predicted octanol–water partition coefficient (Wildman–Crippen LogP) is 10.9. The molecule has 1 unspecified atom stereocenters. The third-order valence-electron chi connectivity index (χ3n) is 7.18. The summed E-state index contributed by atoms with van der Waals surface area (Å²) >= 11 is 0. The van der Waals surface area contributed by atoms with Gasteiger partial charge < -0.3 is 9.84 Å². The SMILES string of the molecule is CCCCC/C=C\C/C=C\CCCC(CCCCCCCC(=O)O)OC(=O)CCCCCCCCCCC. The first-order valence-electron chi connectivity index (χ1n) is 16.3. The Morgan fingerprint density at radius 2 is 1.05 bits per heavy atom. The van der Waals surface area contributed by atoms with Crippen molar-refractivity contribution in [3.63, 3.8) is 0 Å². The van der Waals surface area contributed by atoms with E-state index in [-0.39, 0.29) is 18.5 Å². The third-order valence-corrected chi connectivity index (χ3v) is 7.18. The van der Waals surface area contributed by atoms with Crippen LogP contribution in [0.4, 0.5) is 0 Å². The highest BCUT2D eigenvalue weighted by Gasteiger charge is 2.14. The number of rotatable bonds is 29. The zero-order chi connectivity index (χ0) is 27.9. The maximum Gasteiger partial charge on any atom is 0.306 e. The van der Waals surface area contributed by atoms with Crippen molar-refractivity contribution in [1.82, 2.24) is 0 Å². The van der Waals surface area contributed by atoms with Crippen LogP contribution in [-0.2, 0) is 14.3 Å². The molecule has 0 amide bonds. The smallest absolute Gasteiger partial charge is 0.306 e. The summed E-state index contributed by atoms with van der Waals surface area (Å²) in [5.41, 5.74) is 0. The van der Waals surface area contributed by atoms with Gasteiger partial charge in [0.05, 0.1) is 0 Å². The van der Waals surface area contributed by atoms with Crippen LogP contribution in [0.3, 0.4) is 0 Å². The molecular weight excluding hydrogens is 472 g/mol. The minimum atomic E-state index is -0.707. The number of unbranched alkanes of at least 4 members (excludes halogenated alkanes) is 16. The van der Waals surface area contributed by atoms with Gasteiger partial charge in [-0.3, -0.25) is 9.59 Å². The van der Waals surface area contributed by atoms with Crippen molar-refractivity contribution in [2.24, 2.45) is 0 Å². The van der Waals surface area contributed by atoms with Crippen molar-refractivity contribution in [2.45, 2.75) is 180 Å². The Bertz CT molecular complexity index is 581. The molecule has 0 aliphatic carbocycles. The van der Waals surface area contributed by atoms with E-state index in [4.69, 9.17) is 9.84 Å². The molecule has 1 atom stereocenters. The van der Waals surface area contributed by atoms with Gasteiger partial charge in [-0.15, -0.1) is 0 Å². The normalized spacial score (nSPS) is 12.5. The number of hydrogen-bond acceptors (Lipinski definition) is 3. The number of carboxylic acids is 1. The minimum Gasteiger partial charge on any atom is -0.481 e. The summed E-state index contributed by atoms with van der Waals surface area (Å²) in [6.07, 6.45) is 36.1. The highest BCUT2D eigenvalue weighted by Crippen LogP contribution is 2.17. The van der Waals surface area contributed by atoms with Crippen LogP contribution in [0.15, 0.2) is 24.3 Å². The van der Waals surface area contributed by atoms with Crippen LogP contribution >= 0.6 is 0 Å². The molecule has 0 aromatic rings. The van der Waals surface area contributed by atoms with Gasteiger partial charge in [0.1, 0.15) is 6.10 Å². The molecule has 0 rings (SSSR count). The number of aliphatic carboxylic acids is 1. The molecule has 38 heavy (non-hydrogen) atoms. The van der Waals surface area contributed by atoms with Gasteiger partial charge in [0, 0.05) is 12.8 Å². The van der Waals surface area contributed by atoms with Crippen LogP contribution in [0.1, 0.15) is 174 Å². The minimum absolute atomic E-state index is 0.0203. The number of carboxylic acid groups (broad SMARTS) is 1. The van der Waals surface area contributed by atoms with E-state index in [9.17, 15) is 9.59 Å². The average molecular weight is 535 g/mol. The van der Waals surface area contributed by atoms with Gasteiger partial charge in [0.25, 0.3) is 0 Å². The molecule has 0 spiro atoms. The van der Waals surface area contributed by atoms with Gasteiger partial charge in [0.15, 0.2) is 0 Å². The fraction of sp³-hybridized carbons (Fsp3) is 0.824. The quantitative estimate of drug-likeness (QED) is 0.0589. The van der Waals surface area contributed by atoms with Crippen LogP contribution < -0.4 is 0 Å². The lowest BCUT2D eigenvalue weighted by atomic mass is 10.0. The van der Waals surface area contributed by atoms with Crippen molar-refractivity contribution in [3.8, 4) is 0 Å². The maximum absolute atomic E-state index is 12.5. The molecule has 0 aliphatic rings. The number of hydrogen-bond donors (Lipinski definition) is 1. The van der Waals surface area contributed by atoms with Gasteiger partial charge >= 0.3 is 11.9 Å². The van der Waals surface area contributed by atoms with E-state index >= 15 is 0 Å². The zero-order valence-electron chi connectivity index (χ0n) is 25.2. The maximum atomic E-state index is 12.5. The molecule has 0 saturated carbocycles. The summed E-state index contributed by atoms with van der Waals surface area (Å²) in [7, 11) is 0. The summed E-state index contributed by atoms with van der Waals surface area (Å²) in [6, 6.07) is 0. The van der Waals surface area contributed by atoms with Crippen LogP contribution in [0.5, 0.6) is 0 Å². The number of ether oxygens (including phenoxy) is 1. The van der Waals surface area contributed by atoms with Crippen molar-refractivity contribution >= 4 is 11.9 Å². The van der Waals surface area contributed by atoms with Crippen LogP contribution in [0.25, 0.3) is 0 Å². The van der Waals surface area contributed by atoms with E-state index in [0.717, 1.165) is 77.0 Å². The third kappa shape index (κ3) is 29.0. The van der Waals surface area contributed by atoms with Crippen LogP contribution in [0.2, 0.25) is 0 Å². The van der Waals surface area contributed by atoms with E-state index in [1.54, 1.807) is 0 Å². The van der Waals surface area contributed by atoms with E-state index in [1.165, 1.54) is 70.6 Å². The Morgan fingerprint density at radius 3 is 1.66 bits per heavy atom. The number of allylic oxidation sites excluding steroid dienone is 4. The van der Waals surface area contributed by atoms with Crippen molar-refractivity contribution in [3.05, 3.63) is 24.3 Å². The molecule has 4 nitrogen and oxygen atoms in total. The molecule has 1 N–H and O–H groups in total. The van der Waals surface area contributed by atoms with Gasteiger partial charge in [-0.2, -0.15) is 0 Å². The monoisotopic (exact) mass is 534 g/mol. The molecule has 0 fully saturated rings. The first-order chi connectivity index (χ1) is 18.6. The molecule has 0 aromatic carbocycles. The molecular formula is C34H62O4. The Morgan fingerprint density at radius 1 is 0.579 bits per heavy atom. The first kappa shape index (κ1) is 36.4. The van der Waals surface area contributed by atoms with Crippen molar-refractivity contribution in [1.29, 1.82) is 0 Å². The lowest BCUT2D eigenvalue weighted by Crippen LogP contribution is -2.18. The Balaban J connectivity index is 4.18. The van der Waals surface area contributed by atoms with Gasteiger partial charge in [-0.05, 0) is 64.2 Å². The van der Waals surface area contributed by atoms with Gasteiger partial charge in [0.2, 0.25) is 0 Å². The predicted molar refractivity (Wildman–Crippen MR) is 163 cm³/mol. The second kappa shape index (κ2) is 30.0. The fourth-order valence-corrected chi connectivity index (χ4v) is 4.75. The lowest BCUT2D eigenvalue weighted by Gasteiger charge is -2.18. The molecule has 0 aliphatic heterocycles. The summed E-state index contributed by atoms with van der Waals surface area (Å²) in [6.45, 7) is 4.49. The summed E-state index contributed by atoms with van der Waals surface area (Å²) in [5, 5.41) is 8.76. The molecule has 4 heteroatoms. The highest BCUT2D eigenvalue weighted by atomic mass is 16.5. The first-order valence-corrected chi connectivity index (χ1v) is 16.3. The van der Waals surface area contributed by atoms with E-state index in [1.807, 2.05) is 0 Å². The largest absolute Gasteiger partial charge is 0.481 e. The summed E-state index contributed by atoms with van der Waals surface area (Å²) in [4.78, 5) is 23.1. The van der Waals surface area contributed by atoms with E-state index in [2.05, 4.69) is 38.2 Å². The second-order valence-corrected chi connectivity index (χ2v) is 11.0. The topological polar surface area (TPSA) is 63.6 Å². The summed E-state index contributed by atoms with van der Waals surface area (Å²) < 4.78 is 5.92. The van der Waals surface area contributed by atoms with E-state index in [0.29, 0.717) is 6.42 Å². The number of carbonyl (C=O) groups is 2. The average Bonchev–Trinajstić information content (AvgIpc) is 2.89. The standard InChI is InChI=1S/C34H62O4/c1-3-5-7-9-11-13-14-16-17-20-24-28-32(29-25-21-19-22-26-30-33(35)36)38-34(37)31-27-23-18-15-12-10-8-6-4-2/h11,13,16-17,32H,3-10,12,14-15,18-31H2,1-2H3,(H,35,36)/b13-11-,17-16-.